The lowest BCUT2D eigenvalue weighted by Crippen LogP contribution is -2.20. The van der Waals surface area contributed by atoms with Crippen LogP contribution in [0.15, 0.2) is 40.9 Å². The Balaban J connectivity index is 2.52. The van der Waals surface area contributed by atoms with Crippen LogP contribution >= 0.6 is 15.9 Å². The molecule has 1 nitrogen and oxygen atoms in total. The molecule has 3 heteroatoms. The Morgan fingerprint density at radius 2 is 1.79 bits per heavy atom. The molecule has 0 aromatic heterocycles. The molecule has 1 N–H and O–H groups in total. The van der Waals surface area contributed by atoms with Crippen molar-refractivity contribution in [1.82, 2.24) is 5.32 Å². The van der Waals surface area contributed by atoms with Gasteiger partial charge in [0.1, 0.15) is 5.82 Å². The van der Waals surface area contributed by atoms with Gasteiger partial charge in [-0.3, -0.25) is 0 Å². The Morgan fingerprint density at radius 1 is 1.05 bits per heavy atom. The number of benzene rings is 2. The number of halogens is 2. The molecule has 0 saturated heterocycles. The molecular formula is C16H17BrFN. The number of hydrogen-bond donors (Lipinski definition) is 1. The lowest BCUT2D eigenvalue weighted by molar-refractivity contribution is 0.574. The maximum atomic E-state index is 14.1. The highest BCUT2D eigenvalue weighted by Crippen LogP contribution is 2.28. The Kier molecular flexibility index (Phi) is 4.38. The van der Waals surface area contributed by atoms with E-state index in [-0.39, 0.29) is 11.9 Å². The summed E-state index contributed by atoms with van der Waals surface area (Å²) in [4.78, 5) is 0. The van der Waals surface area contributed by atoms with Gasteiger partial charge in [-0.15, -0.1) is 0 Å². The Labute approximate surface area is 122 Å². The van der Waals surface area contributed by atoms with Crippen molar-refractivity contribution in [3.8, 4) is 0 Å². The van der Waals surface area contributed by atoms with Gasteiger partial charge in [0.15, 0.2) is 0 Å². The molecule has 2 aromatic carbocycles. The van der Waals surface area contributed by atoms with Crippen LogP contribution in [0.4, 0.5) is 4.39 Å². The monoisotopic (exact) mass is 321 g/mol. The van der Waals surface area contributed by atoms with Crippen molar-refractivity contribution in [2.75, 3.05) is 7.05 Å². The van der Waals surface area contributed by atoms with E-state index in [0.29, 0.717) is 5.56 Å². The maximum absolute atomic E-state index is 14.1. The third kappa shape index (κ3) is 3.04. The molecule has 2 rings (SSSR count). The second-order valence-corrected chi connectivity index (χ2v) is 5.66. The van der Waals surface area contributed by atoms with Gasteiger partial charge in [-0.05, 0) is 50.2 Å². The number of rotatable bonds is 3. The number of aryl methyl sites for hydroxylation is 2. The van der Waals surface area contributed by atoms with Crippen LogP contribution in [0.5, 0.6) is 0 Å². The summed E-state index contributed by atoms with van der Waals surface area (Å²) >= 11 is 3.46. The zero-order valence-corrected chi connectivity index (χ0v) is 12.9. The average Bonchev–Trinajstić information content (AvgIpc) is 2.36. The van der Waals surface area contributed by atoms with Crippen LogP contribution in [0.2, 0.25) is 0 Å². The summed E-state index contributed by atoms with van der Waals surface area (Å²) in [6.45, 7) is 4.02. The van der Waals surface area contributed by atoms with E-state index < -0.39 is 0 Å². The quantitative estimate of drug-likeness (QED) is 0.876. The van der Waals surface area contributed by atoms with Crippen molar-refractivity contribution in [3.05, 3.63) is 68.9 Å². The molecule has 1 unspecified atom stereocenters. The first kappa shape index (κ1) is 14.2. The van der Waals surface area contributed by atoms with Crippen molar-refractivity contribution >= 4 is 15.9 Å². The van der Waals surface area contributed by atoms with Gasteiger partial charge in [-0.25, -0.2) is 4.39 Å². The van der Waals surface area contributed by atoms with E-state index in [9.17, 15) is 4.39 Å². The fourth-order valence-electron chi connectivity index (χ4n) is 2.33. The molecule has 0 spiro atoms. The average molecular weight is 322 g/mol. The van der Waals surface area contributed by atoms with Gasteiger partial charge in [-0.2, -0.15) is 0 Å². The Hall–Kier alpha value is -1.19. The molecule has 0 aliphatic heterocycles. The van der Waals surface area contributed by atoms with Crippen LogP contribution in [0.1, 0.15) is 28.3 Å². The van der Waals surface area contributed by atoms with Crippen molar-refractivity contribution in [2.45, 2.75) is 19.9 Å². The van der Waals surface area contributed by atoms with Crippen LogP contribution in [0, 0.1) is 19.7 Å². The lowest BCUT2D eigenvalue weighted by atomic mass is 9.94. The largest absolute Gasteiger partial charge is 0.309 e. The lowest BCUT2D eigenvalue weighted by Gasteiger charge is -2.20. The Bertz CT molecular complexity index is 595. The second kappa shape index (κ2) is 5.85. The first-order valence-electron chi connectivity index (χ1n) is 6.22. The van der Waals surface area contributed by atoms with Gasteiger partial charge in [-0.1, -0.05) is 39.7 Å². The normalized spacial score (nSPS) is 12.5. The van der Waals surface area contributed by atoms with E-state index in [4.69, 9.17) is 0 Å². The van der Waals surface area contributed by atoms with Crippen LogP contribution < -0.4 is 5.32 Å². The molecule has 100 valence electrons. The zero-order valence-electron chi connectivity index (χ0n) is 11.3. The van der Waals surface area contributed by atoms with Crippen molar-refractivity contribution in [1.29, 1.82) is 0 Å². The topological polar surface area (TPSA) is 12.0 Å². The fraction of sp³-hybridized carbons (Fsp3) is 0.250. The van der Waals surface area contributed by atoms with Gasteiger partial charge < -0.3 is 5.32 Å². The summed E-state index contributed by atoms with van der Waals surface area (Å²) < 4.78 is 15.1. The minimum atomic E-state index is -0.174. The summed E-state index contributed by atoms with van der Waals surface area (Å²) in [5.41, 5.74) is 3.98. The number of nitrogens with one attached hydrogen (secondary N) is 1. The third-order valence-electron chi connectivity index (χ3n) is 3.29. The van der Waals surface area contributed by atoms with E-state index in [1.807, 2.05) is 45.2 Å². The highest BCUT2D eigenvalue weighted by atomic mass is 79.9. The summed E-state index contributed by atoms with van der Waals surface area (Å²) in [5.74, 6) is -0.174. The maximum Gasteiger partial charge on any atom is 0.128 e. The highest BCUT2D eigenvalue weighted by Gasteiger charge is 2.18. The molecule has 0 amide bonds. The smallest absolute Gasteiger partial charge is 0.128 e. The summed E-state index contributed by atoms with van der Waals surface area (Å²) in [7, 11) is 1.86. The van der Waals surface area contributed by atoms with Crippen molar-refractivity contribution < 1.29 is 4.39 Å². The minimum absolute atomic E-state index is 0.131. The van der Waals surface area contributed by atoms with E-state index in [1.165, 1.54) is 6.07 Å². The van der Waals surface area contributed by atoms with Crippen LogP contribution in [0.3, 0.4) is 0 Å². The molecule has 0 saturated carbocycles. The Morgan fingerprint density at radius 3 is 2.42 bits per heavy atom. The summed E-state index contributed by atoms with van der Waals surface area (Å²) in [5, 5.41) is 3.21. The molecule has 2 aromatic rings. The van der Waals surface area contributed by atoms with Gasteiger partial charge in [0.05, 0.1) is 6.04 Å². The van der Waals surface area contributed by atoms with Crippen LogP contribution in [-0.2, 0) is 0 Å². The molecule has 0 fully saturated rings. The zero-order chi connectivity index (χ0) is 14.0. The molecule has 19 heavy (non-hydrogen) atoms. The van der Waals surface area contributed by atoms with Crippen molar-refractivity contribution in [2.24, 2.45) is 0 Å². The predicted octanol–water partition coefficient (Wildman–Crippen LogP) is 4.51. The SMILES string of the molecule is CNC(c1ccc(Br)cc1C)c1cc(C)ccc1F. The summed E-state index contributed by atoms with van der Waals surface area (Å²) in [6, 6.07) is 11.2. The molecule has 0 aliphatic rings. The van der Waals surface area contributed by atoms with Crippen LogP contribution in [-0.4, -0.2) is 7.05 Å². The molecular weight excluding hydrogens is 305 g/mol. The van der Waals surface area contributed by atoms with Gasteiger partial charge in [0.25, 0.3) is 0 Å². The summed E-state index contributed by atoms with van der Waals surface area (Å²) in [6.07, 6.45) is 0. The minimum Gasteiger partial charge on any atom is -0.309 e. The molecule has 0 aliphatic carbocycles. The van der Waals surface area contributed by atoms with Crippen molar-refractivity contribution in [3.63, 3.8) is 0 Å². The van der Waals surface area contributed by atoms with Gasteiger partial charge in [0.2, 0.25) is 0 Å². The predicted molar refractivity (Wildman–Crippen MR) is 80.9 cm³/mol. The first-order chi connectivity index (χ1) is 9.02. The number of hydrogen-bond acceptors (Lipinski definition) is 1. The second-order valence-electron chi connectivity index (χ2n) is 4.75. The van der Waals surface area contributed by atoms with Gasteiger partial charge in [0, 0.05) is 10.0 Å². The fourth-order valence-corrected chi connectivity index (χ4v) is 2.80. The first-order valence-corrected chi connectivity index (χ1v) is 7.01. The van der Waals surface area contributed by atoms with E-state index >= 15 is 0 Å². The molecule has 1 atom stereocenters. The third-order valence-corrected chi connectivity index (χ3v) is 3.79. The van der Waals surface area contributed by atoms with E-state index in [2.05, 4.69) is 21.2 Å². The molecule has 0 bridgehead atoms. The van der Waals surface area contributed by atoms with Gasteiger partial charge >= 0.3 is 0 Å². The molecule has 0 heterocycles. The highest BCUT2D eigenvalue weighted by molar-refractivity contribution is 9.10. The van der Waals surface area contributed by atoms with E-state index in [0.717, 1.165) is 21.2 Å². The van der Waals surface area contributed by atoms with Crippen LogP contribution in [0.25, 0.3) is 0 Å². The standard InChI is InChI=1S/C16H17BrFN/c1-10-4-7-15(18)14(8-10)16(19-3)13-6-5-12(17)9-11(13)2/h4-9,16,19H,1-3H3. The molecule has 0 radical (unpaired) electrons. The van der Waals surface area contributed by atoms with E-state index in [1.54, 1.807) is 6.07 Å².